The maximum Gasteiger partial charge on any atom is 1.00 e. The Morgan fingerprint density at radius 3 is 1.85 bits per heavy atom. The summed E-state index contributed by atoms with van der Waals surface area (Å²) < 4.78 is 22.6. The van der Waals surface area contributed by atoms with Crippen molar-refractivity contribution in [1.29, 1.82) is 0 Å². The molecule has 2 aliphatic heterocycles. The quantitative estimate of drug-likeness (QED) is 0.117. The van der Waals surface area contributed by atoms with Crippen molar-refractivity contribution < 1.29 is 189 Å². The van der Waals surface area contributed by atoms with Gasteiger partial charge in [0.1, 0.15) is 48.8 Å². The summed E-state index contributed by atoms with van der Waals surface area (Å²) in [5.41, 5.74) is -2.05. The van der Waals surface area contributed by atoms with Crippen molar-refractivity contribution in [1.82, 2.24) is 0 Å². The summed E-state index contributed by atoms with van der Waals surface area (Å²) in [6.45, 7) is 14.8. The number of carbonyl (C=O) groups excluding carboxylic acids is 4. The van der Waals surface area contributed by atoms with Crippen molar-refractivity contribution in [3.8, 4) is 0 Å². The Kier molecular flexibility index (Phi) is 16.9. The second-order valence-corrected chi connectivity index (χ2v) is 20.7. The topological polar surface area (TPSA) is 276 Å². The Labute approximate surface area is 443 Å². The molecule has 0 aromatic carbocycles. The zero-order chi connectivity index (χ0) is 42.9. The average molecular weight is 905 g/mol. The number of aliphatic carboxylic acids is 3. The molecule has 0 aromatic heterocycles. The van der Waals surface area contributed by atoms with Crippen LogP contribution in [0.1, 0.15) is 106 Å². The number of ether oxygens (including phenoxy) is 4. The second-order valence-electron chi connectivity index (χ2n) is 20.7. The zero-order valence-electron chi connectivity index (χ0n) is 37.3. The van der Waals surface area contributed by atoms with Crippen LogP contribution in [-0.2, 0) is 38.1 Å². The average Bonchev–Trinajstić information content (AvgIpc) is 3.11. The van der Waals surface area contributed by atoms with Crippen LogP contribution in [0.15, 0.2) is 11.6 Å². The van der Waals surface area contributed by atoms with Gasteiger partial charge < -0.3 is 74.2 Å². The number of allylic oxidation sites excluding steroid dienone is 2. The molecule has 326 valence electrons. The number of carbonyl (C=O) groups is 4. The van der Waals surface area contributed by atoms with Gasteiger partial charge in [0.2, 0.25) is 0 Å². The summed E-state index contributed by atoms with van der Waals surface area (Å²) in [5, 5.41) is 89.6. The van der Waals surface area contributed by atoms with Crippen molar-refractivity contribution in [2.75, 3.05) is 0 Å². The third-order valence-corrected chi connectivity index (χ3v) is 16.9. The molecule has 0 radical (unpaired) electrons. The van der Waals surface area contributed by atoms with E-state index < -0.39 is 118 Å². The van der Waals surface area contributed by atoms with Gasteiger partial charge in [0.05, 0.1) is 18.0 Å². The first-order valence-electron chi connectivity index (χ1n) is 20.7. The molecule has 5 aliphatic carbocycles. The van der Waals surface area contributed by atoms with E-state index in [9.17, 15) is 60.0 Å². The van der Waals surface area contributed by atoms with E-state index in [1.54, 1.807) is 6.92 Å². The van der Waals surface area contributed by atoms with Gasteiger partial charge >= 0.3 is 110 Å². The van der Waals surface area contributed by atoms with E-state index in [0.717, 1.165) is 37.7 Å². The largest absolute Gasteiger partial charge is 1.00 e. The molecule has 2 heterocycles. The van der Waals surface area contributed by atoms with Gasteiger partial charge in [-0.3, -0.25) is 4.79 Å². The first-order chi connectivity index (χ1) is 26.7. The molecule has 2 saturated heterocycles. The molecule has 19 heteroatoms. The smallest absolute Gasteiger partial charge is 0.550 e. The summed E-state index contributed by atoms with van der Waals surface area (Å²) >= 11 is 0. The van der Waals surface area contributed by atoms with Crippen LogP contribution in [0.4, 0.5) is 0 Å². The van der Waals surface area contributed by atoms with E-state index in [0.29, 0.717) is 25.7 Å². The Hall–Kier alpha value is 1.10. The van der Waals surface area contributed by atoms with Gasteiger partial charge in [0, 0.05) is 17.3 Å². The molecule has 0 spiro atoms. The predicted octanol–water partition coefficient (Wildman–Crippen LogP) is -10.7. The second kappa shape index (κ2) is 18.9. The van der Waals surface area contributed by atoms with Crippen LogP contribution in [0.3, 0.4) is 0 Å². The van der Waals surface area contributed by atoms with Gasteiger partial charge in [-0.25, -0.2) is 0 Å². The predicted molar refractivity (Wildman–Crippen MR) is 192 cm³/mol. The van der Waals surface area contributed by atoms with Gasteiger partial charge in [0.15, 0.2) is 18.4 Å². The van der Waals surface area contributed by atoms with E-state index in [-0.39, 0.29) is 134 Å². The fourth-order valence-corrected chi connectivity index (χ4v) is 13.5. The van der Waals surface area contributed by atoms with Crippen molar-refractivity contribution in [2.24, 2.45) is 50.2 Å². The Morgan fingerprint density at radius 1 is 0.705 bits per heavy atom. The molecule has 7 aliphatic rings. The van der Waals surface area contributed by atoms with Crippen LogP contribution in [0.5, 0.6) is 0 Å². The molecule has 19 atom stereocenters. The molecule has 0 aromatic rings. The molecule has 19 unspecified atom stereocenters. The Morgan fingerprint density at radius 2 is 1.26 bits per heavy atom. The minimum absolute atomic E-state index is 0. The van der Waals surface area contributed by atoms with E-state index in [1.165, 1.54) is 0 Å². The van der Waals surface area contributed by atoms with Gasteiger partial charge in [-0.15, -0.1) is 0 Å². The Balaban J connectivity index is 0.00000273. The summed E-state index contributed by atoms with van der Waals surface area (Å²) in [6, 6.07) is 0. The number of hydrogen-bond donors (Lipinski definition) is 5. The van der Waals surface area contributed by atoms with Gasteiger partial charge in [-0.1, -0.05) is 54.0 Å². The van der Waals surface area contributed by atoms with Crippen molar-refractivity contribution in [3.63, 3.8) is 0 Å². The van der Waals surface area contributed by atoms with E-state index in [2.05, 4.69) is 41.5 Å². The molecular formula is C42H59KNa2O16. The number of aliphatic hydroxyl groups excluding tert-OH is 5. The number of carboxylic acids is 3. The number of fused-ring (bicyclic) bond motifs is 7. The zero-order valence-corrected chi connectivity index (χ0v) is 44.4. The first kappa shape index (κ1) is 54.7. The van der Waals surface area contributed by atoms with Crippen LogP contribution in [0.25, 0.3) is 0 Å². The monoisotopic (exact) mass is 904 g/mol. The van der Waals surface area contributed by atoms with E-state index >= 15 is 0 Å². The maximum absolute atomic E-state index is 14.9. The molecule has 0 amide bonds. The Bertz CT molecular complexity index is 1750. The fraction of sp³-hybridized carbons (Fsp3) is 0.857. The molecular weight excluding hydrogens is 846 g/mol. The summed E-state index contributed by atoms with van der Waals surface area (Å²) in [7, 11) is 0. The number of aliphatic hydroxyl groups is 5. The third-order valence-electron chi connectivity index (χ3n) is 16.9. The van der Waals surface area contributed by atoms with Crippen molar-refractivity contribution >= 4 is 23.7 Å². The minimum Gasteiger partial charge on any atom is -0.550 e. The SMILES string of the molecule is CC1(C(=O)[O-])CCC2(C)CCC3(C)C(=CC(=O)C4C5(C)CC(OC6OC(C(=O)[O-])C(OC7OC(C(=O)[O-])C(O)C(O)C7O)C(O)C6O)CC(C)(C)C5CCC43C)C2C1.[K+].[Na+].[Na+]. The minimum atomic E-state index is -2.19. The van der Waals surface area contributed by atoms with Crippen LogP contribution in [0.2, 0.25) is 0 Å². The molecule has 0 bridgehead atoms. The number of hydrogen-bond acceptors (Lipinski definition) is 16. The van der Waals surface area contributed by atoms with Crippen molar-refractivity contribution in [3.05, 3.63) is 11.6 Å². The van der Waals surface area contributed by atoms with Crippen LogP contribution >= 0.6 is 0 Å². The molecule has 4 saturated carbocycles. The normalized spacial score (nSPS) is 50.0. The van der Waals surface area contributed by atoms with Crippen LogP contribution in [-0.4, -0.2) is 117 Å². The standard InChI is InChI=1S/C42H62O16.K.2Na/c1-37(2)15-18(55-34-27(48)25(46)28(30(58-34)33(51)52)56-35-26(47)23(44)24(45)29(57-35)32(49)50)16-40(5)22(37)8-9-42(7)31(40)21(43)14-19-20-17-39(4,36(53)54)11-10-38(20,3)12-13-41(19,42)6;;;/h14,18,20,22-31,34-35,44-48H,8-13,15-17H2,1-7H3,(H,49,50)(H,51,52)(H,53,54);;;/q;3*+1/p-3. The van der Waals surface area contributed by atoms with Gasteiger partial charge in [0.25, 0.3) is 0 Å². The molecule has 5 N–H and O–H groups in total. The molecule has 61 heavy (non-hydrogen) atoms. The van der Waals surface area contributed by atoms with Gasteiger partial charge in [-0.2, -0.15) is 0 Å². The van der Waals surface area contributed by atoms with Crippen LogP contribution in [0, 0.1) is 50.2 Å². The fourth-order valence-electron chi connectivity index (χ4n) is 13.5. The number of rotatable bonds is 7. The number of carboxylic acid groups (broad SMARTS) is 3. The summed E-state index contributed by atoms with van der Waals surface area (Å²) in [6.07, 6.45) is -13.6. The third kappa shape index (κ3) is 8.87. The molecule has 16 nitrogen and oxygen atoms in total. The van der Waals surface area contributed by atoms with Crippen molar-refractivity contribution in [2.45, 2.75) is 174 Å². The molecule has 7 rings (SSSR count). The van der Waals surface area contributed by atoms with E-state index in [1.807, 2.05) is 6.08 Å². The first-order valence-corrected chi connectivity index (χ1v) is 20.7. The van der Waals surface area contributed by atoms with Gasteiger partial charge in [-0.05, 0) is 103 Å². The number of ketones is 1. The molecule has 6 fully saturated rings. The summed E-state index contributed by atoms with van der Waals surface area (Å²) in [5.74, 6) is -5.40. The summed E-state index contributed by atoms with van der Waals surface area (Å²) in [4.78, 5) is 51.2. The van der Waals surface area contributed by atoms with E-state index in [4.69, 9.17) is 18.9 Å². The maximum atomic E-state index is 14.9. The van der Waals surface area contributed by atoms with Crippen LogP contribution < -0.4 is 126 Å².